The van der Waals surface area contributed by atoms with Crippen LogP contribution in [0.5, 0.6) is 0 Å². The van der Waals surface area contributed by atoms with Crippen molar-refractivity contribution in [1.29, 1.82) is 0 Å². The van der Waals surface area contributed by atoms with E-state index in [-0.39, 0.29) is 38.5 Å². The second kappa shape index (κ2) is 36.7. The number of carbonyl (C=O) groups excluding carboxylic acids is 2. The molecule has 0 aromatic heterocycles. The van der Waals surface area contributed by atoms with E-state index in [9.17, 15) is 69.1 Å². The Kier molecular flexibility index (Phi) is 33.5. The number of esters is 2. The number of phosphoric ester groups is 2. The van der Waals surface area contributed by atoms with Crippen molar-refractivity contribution in [3.63, 3.8) is 0 Å². The maximum Gasteiger partial charge on any atom is 0.472 e. The molecule has 0 saturated carbocycles. The molecule has 10 N–H and O–H groups in total. The number of phosphoric acid groups is 2. The first-order valence-corrected chi connectivity index (χ1v) is 28.6. The molecular formula is C49H86O20P2. The Morgan fingerprint density at radius 2 is 1.46 bits per heavy atom. The molecule has 2 unspecified atom stereocenters. The molecule has 2 rings (SSSR count). The topological polar surface area (TPSA) is 326 Å². The number of ether oxygens (including phenoxy) is 3. The maximum absolute atomic E-state index is 13.8. The third-order valence-corrected chi connectivity index (χ3v) is 13.7. The van der Waals surface area contributed by atoms with Crippen LogP contribution in [0.2, 0.25) is 0 Å². The zero-order valence-corrected chi connectivity index (χ0v) is 43.5. The van der Waals surface area contributed by atoms with Crippen molar-refractivity contribution in [3.8, 4) is 0 Å². The summed E-state index contributed by atoms with van der Waals surface area (Å²) in [5.41, 5.74) is 0. The second-order valence-corrected chi connectivity index (χ2v) is 21.0. The molecule has 2 aliphatic heterocycles. The fraction of sp³-hybridized carbons (Fsp3) is 0.796. The van der Waals surface area contributed by atoms with E-state index in [0.29, 0.717) is 12.8 Å². The monoisotopic (exact) mass is 1060 g/mol. The molecule has 20 nitrogen and oxygen atoms in total. The average molecular weight is 1060 g/mol. The van der Waals surface area contributed by atoms with Crippen LogP contribution in [0, 0.1) is 5.92 Å². The highest BCUT2D eigenvalue weighted by molar-refractivity contribution is 7.47. The molecule has 0 radical (unpaired) electrons. The summed E-state index contributed by atoms with van der Waals surface area (Å²) in [5.74, 6) is -2.89. The number of hydrogen-bond acceptors (Lipinski definition) is 17. The minimum Gasteiger partial charge on any atom is -0.462 e. The number of rotatable bonds is 25. The van der Waals surface area contributed by atoms with Crippen LogP contribution < -0.4 is 0 Å². The molecule has 0 aromatic carbocycles. The number of aliphatic hydroxyl groups is 7. The van der Waals surface area contributed by atoms with Gasteiger partial charge in [-0.3, -0.25) is 23.2 Å². The van der Waals surface area contributed by atoms with Crippen molar-refractivity contribution in [2.24, 2.45) is 5.92 Å². The molecule has 2 bridgehead atoms. The summed E-state index contributed by atoms with van der Waals surface area (Å²) in [7, 11) is -11.5. The van der Waals surface area contributed by atoms with Gasteiger partial charge in [-0.15, -0.1) is 0 Å². The van der Waals surface area contributed by atoms with Gasteiger partial charge in [0.1, 0.15) is 43.2 Å². The van der Waals surface area contributed by atoms with Crippen molar-refractivity contribution >= 4 is 27.6 Å². The van der Waals surface area contributed by atoms with Gasteiger partial charge in [-0.25, -0.2) is 9.13 Å². The molecule has 13 atom stereocenters. The van der Waals surface area contributed by atoms with Crippen LogP contribution >= 0.6 is 15.6 Å². The quantitative estimate of drug-likeness (QED) is 0.0211. The molecule has 2 heterocycles. The molecule has 1 fully saturated rings. The lowest BCUT2D eigenvalue weighted by atomic mass is 9.83. The number of carbonyl (C=O) groups is 2. The normalized spacial score (nSPS) is 31.0. The Labute approximate surface area is 420 Å². The highest BCUT2D eigenvalue weighted by Gasteiger charge is 2.50. The highest BCUT2D eigenvalue weighted by Crippen LogP contribution is 2.49. The van der Waals surface area contributed by atoms with E-state index < -0.39 is 120 Å². The molecule has 0 aliphatic carbocycles. The van der Waals surface area contributed by atoms with E-state index in [1.54, 1.807) is 6.08 Å². The summed E-state index contributed by atoms with van der Waals surface area (Å²) in [5, 5.41) is 79.1. The number of fused-ring (bicyclic) bond motifs is 4. The number of aliphatic hydroxyl groups excluding tert-OH is 7. The summed E-state index contributed by atoms with van der Waals surface area (Å²) in [6.45, 7) is 2.51. The maximum atomic E-state index is 13.8. The van der Waals surface area contributed by atoms with E-state index in [2.05, 4.69) is 31.2 Å². The Bertz CT molecular complexity index is 1670. The molecule has 2 aliphatic rings. The van der Waals surface area contributed by atoms with Gasteiger partial charge in [0.25, 0.3) is 0 Å². The van der Waals surface area contributed by atoms with E-state index >= 15 is 0 Å². The van der Waals surface area contributed by atoms with Crippen LogP contribution in [-0.4, -0.2) is 143 Å². The number of allylic oxidation sites excluding steroid dienone is 6. The lowest BCUT2D eigenvalue weighted by Crippen LogP contribution is -2.58. The van der Waals surface area contributed by atoms with Gasteiger partial charge >= 0.3 is 27.6 Å². The van der Waals surface area contributed by atoms with Crippen LogP contribution in [0.25, 0.3) is 0 Å². The number of unbranched alkanes of at least 4 members (excludes halogenated alkanes) is 12. The largest absolute Gasteiger partial charge is 0.472 e. The van der Waals surface area contributed by atoms with Gasteiger partial charge in [0.15, 0.2) is 12.4 Å². The molecule has 412 valence electrons. The first-order chi connectivity index (χ1) is 33.8. The van der Waals surface area contributed by atoms with Gasteiger partial charge < -0.3 is 64.6 Å². The summed E-state index contributed by atoms with van der Waals surface area (Å²) in [6.07, 6.45) is 5.47. The van der Waals surface area contributed by atoms with Gasteiger partial charge in [0.05, 0.1) is 24.9 Å². The number of hydrogen-bond donors (Lipinski definition) is 10. The molecule has 0 spiro atoms. The molecular weight excluding hydrogens is 970 g/mol. The minimum atomic E-state index is -5.80. The third kappa shape index (κ3) is 28.9. The smallest absolute Gasteiger partial charge is 0.462 e. The van der Waals surface area contributed by atoms with E-state index in [4.69, 9.17) is 27.8 Å². The van der Waals surface area contributed by atoms with Crippen LogP contribution in [0.15, 0.2) is 48.6 Å². The Morgan fingerprint density at radius 1 is 0.831 bits per heavy atom. The first kappa shape index (κ1) is 64.9. The predicted molar refractivity (Wildman–Crippen MR) is 263 cm³/mol. The average Bonchev–Trinajstić information content (AvgIpc) is 3.31. The van der Waals surface area contributed by atoms with Crippen LogP contribution in [0.4, 0.5) is 0 Å². The van der Waals surface area contributed by atoms with Gasteiger partial charge in [-0.1, -0.05) is 127 Å². The minimum absolute atomic E-state index is 0.0481. The van der Waals surface area contributed by atoms with E-state index in [0.717, 1.165) is 82.8 Å². The number of cyclic esters (lactones) is 1. The summed E-state index contributed by atoms with van der Waals surface area (Å²) in [4.78, 5) is 56.9. The Morgan fingerprint density at radius 3 is 2.13 bits per heavy atom. The van der Waals surface area contributed by atoms with Crippen LogP contribution in [-0.2, 0) is 46.5 Å². The van der Waals surface area contributed by atoms with Gasteiger partial charge in [0, 0.05) is 25.2 Å². The third-order valence-electron chi connectivity index (χ3n) is 12.2. The first-order valence-electron chi connectivity index (χ1n) is 25.6. The van der Waals surface area contributed by atoms with Crippen molar-refractivity contribution in [2.45, 2.75) is 229 Å². The summed E-state index contributed by atoms with van der Waals surface area (Å²) >= 11 is 0. The van der Waals surface area contributed by atoms with Crippen LogP contribution in [0.1, 0.15) is 162 Å². The fourth-order valence-corrected chi connectivity index (χ4v) is 9.63. The van der Waals surface area contributed by atoms with Crippen molar-refractivity contribution in [2.75, 3.05) is 13.2 Å². The van der Waals surface area contributed by atoms with Gasteiger partial charge in [-0.2, -0.15) is 0 Å². The zero-order chi connectivity index (χ0) is 52.7. The van der Waals surface area contributed by atoms with Crippen LogP contribution in [0.3, 0.4) is 0 Å². The highest BCUT2D eigenvalue weighted by atomic mass is 31.2. The van der Waals surface area contributed by atoms with Crippen molar-refractivity contribution in [3.05, 3.63) is 48.6 Å². The zero-order valence-electron chi connectivity index (χ0n) is 41.7. The molecule has 71 heavy (non-hydrogen) atoms. The van der Waals surface area contributed by atoms with E-state index in [1.165, 1.54) is 25.3 Å². The molecule has 1 saturated heterocycles. The predicted octanol–water partition coefficient (Wildman–Crippen LogP) is 6.17. The Hall–Kier alpha value is -2.20. The summed E-state index contributed by atoms with van der Waals surface area (Å²) < 4.78 is 57.9. The van der Waals surface area contributed by atoms with Gasteiger partial charge in [0.2, 0.25) is 0 Å². The standard InChI is InChI=1S/C49H86O20P2/c1-3-5-7-8-9-10-11-12-13-14-15-16-17-18-19-20-26-30-42(53)66-37-34-64-41(52)29-25-22-21-24-28-38-39(51)33-43(54)67-40(32-31-36(50)27-23-6-4-2)45(56)48(68-70(59,60)61)49(47(58)46(57)44(38)55)69-71(62,63)65-35-37/h9-10,12-13,21,24,31-32,36-40,43-51,54-58H,3-8,11,14-20,22-23,25-30,33-35H2,1-2H3,(H,62,63)(H2,59,60,61)/b10-9-,13-12-,24-21?,32-31?/t36-,37+,38-,39-,40+,43?,44+,45+,46-,47+,48+,49-/m0/s1. The van der Waals surface area contributed by atoms with E-state index in [1.807, 2.05) is 6.92 Å². The molecule has 0 amide bonds. The lowest BCUT2D eigenvalue weighted by Gasteiger charge is -2.41. The molecule has 0 aromatic rings. The Balaban J connectivity index is 2.31. The van der Waals surface area contributed by atoms with Gasteiger partial charge in [-0.05, 0) is 64.2 Å². The van der Waals surface area contributed by atoms with Crippen molar-refractivity contribution < 1.29 is 96.9 Å². The lowest BCUT2D eigenvalue weighted by molar-refractivity contribution is -0.210. The summed E-state index contributed by atoms with van der Waals surface area (Å²) in [6, 6.07) is 0. The SMILES string of the molecule is CCCCC/C=C\C/C=C\CCCCCCCCCC(=O)O[C@@H]1COC(=O)CCCC=CC[C@@H]2[C@@H](O)[C@H](O)[C@@H](O)[C@H](OP(=O)(O)OC1)[C@H](OP(=O)(O)O)[C@H](O)[C@@H](C=C[C@@H](O)CCCCC)OC(O)C[C@@H]2O. The van der Waals surface area contributed by atoms with Crippen molar-refractivity contribution in [1.82, 2.24) is 0 Å². The fourth-order valence-electron chi connectivity index (χ4n) is 8.10. The second-order valence-electron chi connectivity index (χ2n) is 18.4. The molecule has 22 heteroatoms.